The number of hydrogen-bond donors (Lipinski definition) is 1. The lowest BCUT2D eigenvalue weighted by atomic mass is 10.0. The molecule has 0 heterocycles. The fraction of sp³-hybridized carbons (Fsp3) is 0.900. The van der Waals surface area contributed by atoms with Gasteiger partial charge in [-0.25, -0.2) is 0 Å². The molecule has 2 heteroatoms. The largest absolute Gasteiger partial charge is 0.305 e. The summed E-state index contributed by atoms with van der Waals surface area (Å²) >= 11 is 0. The van der Waals surface area contributed by atoms with Crippen LogP contribution in [0.3, 0.4) is 0 Å². The average Bonchev–Trinajstić information content (AvgIpc) is 2.64. The molecule has 1 aliphatic rings. The van der Waals surface area contributed by atoms with Gasteiger partial charge in [0.25, 0.3) is 0 Å². The SMILES string of the molecule is CC(C)C(=O)[C@H](C)N[C@H]1C[C@H]1C. The quantitative estimate of drug-likeness (QED) is 0.692. The molecule has 3 atom stereocenters. The Morgan fingerprint density at radius 1 is 1.42 bits per heavy atom. The molecule has 0 spiro atoms. The first kappa shape index (κ1) is 9.72. The molecule has 12 heavy (non-hydrogen) atoms. The molecule has 0 amide bonds. The minimum Gasteiger partial charge on any atom is -0.305 e. The van der Waals surface area contributed by atoms with Crippen LogP contribution in [0.4, 0.5) is 0 Å². The van der Waals surface area contributed by atoms with Crippen LogP contribution in [0.15, 0.2) is 0 Å². The maximum Gasteiger partial charge on any atom is 0.151 e. The van der Waals surface area contributed by atoms with Gasteiger partial charge in [0.15, 0.2) is 5.78 Å². The van der Waals surface area contributed by atoms with Gasteiger partial charge in [-0.05, 0) is 19.3 Å². The molecule has 1 aliphatic carbocycles. The highest BCUT2D eigenvalue weighted by Gasteiger charge is 2.34. The zero-order valence-electron chi connectivity index (χ0n) is 8.42. The van der Waals surface area contributed by atoms with Crippen LogP contribution >= 0.6 is 0 Å². The summed E-state index contributed by atoms with van der Waals surface area (Å²) in [4.78, 5) is 11.5. The number of ketones is 1. The van der Waals surface area contributed by atoms with Gasteiger partial charge in [-0.2, -0.15) is 0 Å². The van der Waals surface area contributed by atoms with Gasteiger partial charge in [0.2, 0.25) is 0 Å². The molecule has 1 fully saturated rings. The molecule has 0 unspecified atom stereocenters. The molecule has 0 aromatic rings. The van der Waals surface area contributed by atoms with E-state index in [0.29, 0.717) is 11.8 Å². The summed E-state index contributed by atoms with van der Waals surface area (Å²) in [6, 6.07) is 0.641. The third-order valence-corrected chi connectivity index (χ3v) is 2.57. The number of carbonyl (C=O) groups excluding carboxylic acids is 1. The van der Waals surface area contributed by atoms with Crippen molar-refractivity contribution < 1.29 is 4.79 Å². The van der Waals surface area contributed by atoms with E-state index in [9.17, 15) is 4.79 Å². The van der Waals surface area contributed by atoms with Gasteiger partial charge >= 0.3 is 0 Å². The van der Waals surface area contributed by atoms with Gasteiger partial charge in [0, 0.05) is 12.0 Å². The molecule has 0 bridgehead atoms. The van der Waals surface area contributed by atoms with Crippen molar-refractivity contribution in [3.63, 3.8) is 0 Å². The maximum absolute atomic E-state index is 11.5. The van der Waals surface area contributed by atoms with Crippen molar-refractivity contribution in [3.8, 4) is 0 Å². The maximum atomic E-state index is 11.5. The van der Waals surface area contributed by atoms with Crippen molar-refractivity contribution in [3.05, 3.63) is 0 Å². The van der Waals surface area contributed by atoms with Crippen LogP contribution in [-0.2, 0) is 4.79 Å². The highest BCUT2D eigenvalue weighted by Crippen LogP contribution is 2.29. The van der Waals surface area contributed by atoms with E-state index in [1.165, 1.54) is 6.42 Å². The van der Waals surface area contributed by atoms with Gasteiger partial charge in [0.1, 0.15) is 0 Å². The third-order valence-electron chi connectivity index (χ3n) is 2.57. The van der Waals surface area contributed by atoms with Crippen molar-refractivity contribution in [2.75, 3.05) is 0 Å². The lowest BCUT2D eigenvalue weighted by Crippen LogP contribution is -2.38. The van der Waals surface area contributed by atoms with Crippen molar-refractivity contribution in [1.29, 1.82) is 0 Å². The zero-order valence-corrected chi connectivity index (χ0v) is 8.42. The van der Waals surface area contributed by atoms with E-state index in [0.717, 1.165) is 5.92 Å². The molecule has 0 aromatic heterocycles. The Hall–Kier alpha value is -0.370. The average molecular weight is 169 g/mol. The molecule has 0 aromatic carbocycles. The van der Waals surface area contributed by atoms with E-state index in [2.05, 4.69) is 12.2 Å². The Bertz CT molecular complexity index is 177. The van der Waals surface area contributed by atoms with Gasteiger partial charge < -0.3 is 5.32 Å². The first-order valence-corrected chi connectivity index (χ1v) is 4.82. The summed E-state index contributed by atoms with van der Waals surface area (Å²) in [6.07, 6.45) is 1.23. The van der Waals surface area contributed by atoms with Gasteiger partial charge in [-0.15, -0.1) is 0 Å². The minimum atomic E-state index is 0.0416. The summed E-state index contributed by atoms with van der Waals surface area (Å²) in [7, 11) is 0. The van der Waals surface area contributed by atoms with Gasteiger partial charge in [-0.3, -0.25) is 4.79 Å². The van der Waals surface area contributed by atoms with E-state index in [1.54, 1.807) is 0 Å². The lowest BCUT2D eigenvalue weighted by Gasteiger charge is -2.14. The molecule has 1 saturated carbocycles. The molecule has 0 aliphatic heterocycles. The second kappa shape index (κ2) is 3.56. The lowest BCUT2D eigenvalue weighted by molar-refractivity contribution is -0.123. The van der Waals surface area contributed by atoms with E-state index < -0.39 is 0 Å². The predicted molar refractivity (Wildman–Crippen MR) is 50.0 cm³/mol. The van der Waals surface area contributed by atoms with Crippen LogP contribution in [0, 0.1) is 11.8 Å². The number of hydrogen-bond acceptors (Lipinski definition) is 2. The number of carbonyl (C=O) groups is 1. The third kappa shape index (κ3) is 2.31. The second-order valence-corrected chi connectivity index (χ2v) is 4.26. The minimum absolute atomic E-state index is 0.0416. The van der Waals surface area contributed by atoms with Gasteiger partial charge in [-0.1, -0.05) is 20.8 Å². The fourth-order valence-electron chi connectivity index (χ4n) is 1.46. The van der Waals surface area contributed by atoms with Crippen LogP contribution in [0.2, 0.25) is 0 Å². The summed E-state index contributed by atoms with van der Waals surface area (Å²) in [5, 5.41) is 3.34. The van der Waals surface area contributed by atoms with Crippen molar-refractivity contribution >= 4 is 5.78 Å². The Labute approximate surface area is 74.7 Å². The number of rotatable bonds is 4. The van der Waals surface area contributed by atoms with Crippen molar-refractivity contribution in [2.45, 2.75) is 46.2 Å². The van der Waals surface area contributed by atoms with Crippen LogP contribution in [0.25, 0.3) is 0 Å². The monoisotopic (exact) mass is 169 g/mol. The van der Waals surface area contributed by atoms with Crippen LogP contribution in [0.1, 0.15) is 34.1 Å². The molecule has 0 radical (unpaired) electrons. The van der Waals surface area contributed by atoms with Gasteiger partial charge in [0.05, 0.1) is 6.04 Å². The molecule has 1 N–H and O–H groups in total. The first-order valence-electron chi connectivity index (χ1n) is 4.82. The van der Waals surface area contributed by atoms with E-state index in [1.807, 2.05) is 20.8 Å². The fourth-order valence-corrected chi connectivity index (χ4v) is 1.46. The molecule has 2 nitrogen and oxygen atoms in total. The Balaban J connectivity index is 2.28. The smallest absolute Gasteiger partial charge is 0.151 e. The van der Waals surface area contributed by atoms with E-state index in [4.69, 9.17) is 0 Å². The van der Waals surface area contributed by atoms with Crippen molar-refractivity contribution in [1.82, 2.24) is 5.32 Å². The highest BCUT2D eigenvalue weighted by molar-refractivity contribution is 5.85. The highest BCUT2D eigenvalue weighted by atomic mass is 16.1. The number of Topliss-reactive ketones (excluding diaryl/α,β-unsaturated/α-hetero) is 1. The van der Waals surface area contributed by atoms with Crippen LogP contribution in [-0.4, -0.2) is 17.9 Å². The standard InChI is InChI=1S/C10H19NO/c1-6(2)10(12)8(4)11-9-5-7(9)3/h6-9,11H,5H2,1-4H3/t7-,8+,9+/m1/s1. The summed E-state index contributed by atoms with van der Waals surface area (Å²) < 4.78 is 0. The Morgan fingerprint density at radius 2 is 1.92 bits per heavy atom. The topological polar surface area (TPSA) is 29.1 Å². The molecular weight excluding hydrogens is 150 g/mol. The molecular formula is C10H19NO. The Morgan fingerprint density at radius 3 is 2.25 bits per heavy atom. The van der Waals surface area contributed by atoms with E-state index in [-0.39, 0.29) is 12.0 Å². The predicted octanol–water partition coefficient (Wildman–Crippen LogP) is 1.60. The molecule has 0 saturated heterocycles. The van der Waals surface area contributed by atoms with E-state index >= 15 is 0 Å². The number of nitrogens with one attached hydrogen (secondary N) is 1. The second-order valence-electron chi connectivity index (χ2n) is 4.26. The summed E-state index contributed by atoms with van der Waals surface area (Å²) in [6.45, 7) is 8.09. The Kier molecular flexibility index (Phi) is 2.89. The summed E-state index contributed by atoms with van der Waals surface area (Å²) in [5.74, 6) is 1.25. The zero-order chi connectivity index (χ0) is 9.30. The molecule has 70 valence electrons. The molecule has 1 rings (SSSR count). The summed E-state index contributed by atoms with van der Waals surface area (Å²) in [5.41, 5.74) is 0. The normalized spacial score (nSPS) is 30.4. The van der Waals surface area contributed by atoms with Crippen LogP contribution < -0.4 is 5.32 Å². The van der Waals surface area contributed by atoms with Crippen LogP contribution in [0.5, 0.6) is 0 Å². The van der Waals surface area contributed by atoms with Crippen molar-refractivity contribution in [2.24, 2.45) is 11.8 Å². The first-order chi connectivity index (χ1) is 5.52.